The van der Waals surface area contributed by atoms with Crippen molar-refractivity contribution in [1.82, 2.24) is 4.90 Å². The number of amides is 1. The molecular weight excluding hydrogens is 336 g/mol. The zero-order valence-electron chi connectivity index (χ0n) is 16.2. The predicted octanol–water partition coefficient (Wildman–Crippen LogP) is 3.41. The van der Waals surface area contributed by atoms with Crippen molar-refractivity contribution in [2.24, 2.45) is 0 Å². The van der Waals surface area contributed by atoms with Gasteiger partial charge in [0.15, 0.2) is 0 Å². The van der Waals surface area contributed by atoms with Crippen LogP contribution >= 0.6 is 0 Å². The van der Waals surface area contributed by atoms with E-state index >= 15 is 0 Å². The second-order valence-corrected chi connectivity index (χ2v) is 7.73. The van der Waals surface area contributed by atoms with Gasteiger partial charge in [-0.25, -0.2) is 0 Å². The van der Waals surface area contributed by atoms with Crippen LogP contribution < -0.4 is 15.5 Å². The monoisotopic (exact) mass is 364 g/mol. The smallest absolute Gasteiger partial charge is 0.257 e. The summed E-state index contributed by atoms with van der Waals surface area (Å²) in [6.07, 6.45) is 2.35. The summed E-state index contributed by atoms with van der Waals surface area (Å²) in [6.45, 7) is 8.48. The Morgan fingerprint density at radius 3 is 2.41 bits per heavy atom. The highest BCUT2D eigenvalue weighted by Crippen LogP contribution is 2.30. The zero-order chi connectivity index (χ0) is 19.0. The first-order valence-electron chi connectivity index (χ1n) is 9.79. The van der Waals surface area contributed by atoms with Crippen LogP contribution in [0.4, 0.5) is 17.1 Å². The Morgan fingerprint density at radius 1 is 0.889 bits per heavy atom. The lowest BCUT2D eigenvalue weighted by Crippen LogP contribution is -2.33. The molecule has 2 saturated heterocycles. The van der Waals surface area contributed by atoms with E-state index in [-0.39, 0.29) is 5.91 Å². The normalized spacial score (nSPS) is 17.0. The third kappa shape index (κ3) is 3.46. The molecule has 5 nitrogen and oxygen atoms in total. The van der Waals surface area contributed by atoms with Crippen molar-refractivity contribution in [3.05, 3.63) is 53.1 Å². The summed E-state index contributed by atoms with van der Waals surface area (Å²) < 4.78 is 0. The maximum Gasteiger partial charge on any atom is 0.257 e. The molecule has 0 aromatic heterocycles. The summed E-state index contributed by atoms with van der Waals surface area (Å²) in [5.41, 5.74) is 12.2. The van der Waals surface area contributed by atoms with Crippen molar-refractivity contribution in [1.29, 1.82) is 0 Å². The van der Waals surface area contributed by atoms with Gasteiger partial charge in [0.25, 0.3) is 5.91 Å². The van der Waals surface area contributed by atoms with Crippen molar-refractivity contribution >= 4 is 23.0 Å². The van der Waals surface area contributed by atoms with Crippen molar-refractivity contribution in [3.63, 3.8) is 0 Å². The average molecular weight is 364 g/mol. The molecule has 27 heavy (non-hydrogen) atoms. The predicted molar refractivity (Wildman–Crippen MR) is 111 cm³/mol. The van der Waals surface area contributed by atoms with Crippen molar-refractivity contribution in [2.75, 3.05) is 48.4 Å². The van der Waals surface area contributed by atoms with E-state index in [4.69, 9.17) is 5.73 Å². The van der Waals surface area contributed by atoms with Crippen LogP contribution in [-0.2, 0) is 0 Å². The van der Waals surface area contributed by atoms with Gasteiger partial charge in [0.1, 0.15) is 0 Å². The molecule has 0 aliphatic carbocycles. The number of carbonyl (C=O) groups is 1. The molecule has 1 amide bonds. The molecule has 2 aromatic rings. The highest BCUT2D eigenvalue weighted by Gasteiger charge is 2.29. The van der Waals surface area contributed by atoms with Gasteiger partial charge in [0.2, 0.25) is 0 Å². The summed E-state index contributed by atoms with van der Waals surface area (Å²) in [6, 6.07) is 12.2. The van der Waals surface area contributed by atoms with Gasteiger partial charge in [-0.3, -0.25) is 4.79 Å². The minimum Gasteiger partial charge on any atom is -0.399 e. The van der Waals surface area contributed by atoms with Gasteiger partial charge in [-0.2, -0.15) is 0 Å². The van der Waals surface area contributed by atoms with E-state index in [0.29, 0.717) is 12.4 Å². The number of aryl methyl sites for hydroxylation is 2. The lowest BCUT2D eigenvalue weighted by Gasteiger charge is -2.25. The van der Waals surface area contributed by atoms with E-state index in [1.54, 1.807) is 0 Å². The largest absolute Gasteiger partial charge is 0.399 e. The lowest BCUT2D eigenvalue weighted by molar-refractivity contribution is 0.0795. The topological polar surface area (TPSA) is 52.8 Å². The fourth-order valence-corrected chi connectivity index (χ4v) is 4.23. The third-order valence-electron chi connectivity index (χ3n) is 5.66. The number of benzene rings is 2. The minimum atomic E-state index is 0.101. The van der Waals surface area contributed by atoms with Gasteiger partial charge in [0, 0.05) is 37.6 Å². The molecule has 0 spiro atoms. The van der Waals surface area contributed by atoms with Crippen molar-refractivity contribution < 1.29 is 4.79 Å². The van der Waals surface area contributed by atoms with Crippen molar-refractivity contribution in [2.45, 2.75) is 26.7 Å². The first-order chi connectivity index (χ1) is 13.0. The van der Waals surface area contributed by atoms with Gasteiger partial charge in [-0.1, -0.05) is 17.7 Å². The number of carbonyl (C=O) groups excluding carboxylic acids is 1. The Hall–Kier alpha value is -2.69. The fraction of sp³-hybridized carbons (Fsp3) is 0.409. The number of hydrogen-bond donors (Lipinski definition) is 1. The van der Waals surface area contributed by atoms with E-state index in [2.05, 4.69) is 41.8 Å². The van der Waals surface area contributed by atoms with E-state index in [9.17, 15) is 4.79 Å². The summed E-state index contributed by atoms with van der Waals surface area (Å²) in [7, 11) is 0. The van der Waals surface area contributed by atoms with Crippen LogP contribution in [0.25, 0.3) is 0 Å². The Morgan fingerprint density at radius 2 is 1.67 bits per heavy atom. The standard InChI is InChI=1S/C22H28N4O/c1-16-5-8-20(17(2)13-16)25-11-12-26(15-25)22(27)19-7-6-18(23)14-21(19)24-9-3-4-10-24/h5-8,13-14H,3-4,9-12,15,23H2,1-2H3. The highest BCUT2D eigenvalue weighted by molar-refractivity contribution is 6.01. The number of nitrogens with zero attached hydrogens (tertiary/aromatic N) is 3. The van der Waals surface area contributed by atoms with Crippen LogP contribution in [-0.4, -0.2) is 43.7 Å². The minimum absolute atomic E-state index is 0.101. The Balaban J connectivity index is 1.56. The number of rotatable bonds is 3. The molecular formula is C22H28N4O. The molecule has 5 heteroatoms. The molecule has 2 aliphatic heterocycles. The Bertz CT molecular complexity index is 857. The molecule has 2 heterocycles. The highest BCUT2D eigenvalue weighted by atomic mass is 16.2. The molecule has 2 aliphatic rings. The van der Waals surface area contributed by atoms with Crippen LogP contribution in [0.3, 0.4) is 0 Å². The van der Waals surface area contributed by atoms with E-state index < -0.39 is 0 Å². The molecule has 2 aromatic carbocycles. The average Bonchev–Trinajstić information content (AvgIpc) is 3.33. The van der Waals surface area contributed by atoms with Gasteiger partial charge in [-0.15, -0.1) is 0 Å². The third-order valence-corrected chi connectivity index (χ3v) is 5.66. The summed E-state index contributed by atoms with van der Waals surface area (Å²) in [4.78, 5) is 19.8. The molecule has 0 unspecified atom stereocenters. The first-order valence-corrected chi connectivity index (χ1v) is 9.79. The Labute approximate surface area is 161 Å². The number of nitrogens with two attached hydrogens (primary N) is 1. The van der Waals surface area contributed by atoms with E-state index in [1.807, 2.05) is 23.1 Å². The second kappa shape index (κ2) is 7.14. The molecule has 0 radical (unpaired) electrons. The van der Waals surface area contributed by atoms with E-state index in [1.165, 1.54) is 29.7 Å². The van der Waals surface area contributed by atoms with Crippen molar-refractivity contribution in [3.8, 4) is 0 Å². The zero-order valence-corrected chi connectivity index (χ0v) is 16.2. The van der Waals surface area contributed by atoms with Gasteiger partial charge in [-0.05, 0) is 56.5 Å². The van der Waals surface area contributed by atoms with Crippen LogP contribution in [0, 0.1) is 13.8 Å². The Kier molecular flexibility index (Phi) is 4.68. The fourth-order valence-electron chi connectivity index (χ4n) is 4.23. The lowest BCUT2D eigenvalue weighted by atomic mass is 10.1. The molecule has 2 N–H and O–H groups in total. The van der Waals surface area contributed by atoms with E-state index in [0.717, 1.165) is 37.4 Å². The quantitative estimate of drug-likeness (QED) is 0.848. The summed E-state index contributed by atoms with van der Waals surface area (Å²) in [5, 5.41) is 0. The number of nitrogen functional groups attached to an aromatic ring is 1. The van der Waals surface area contributed by atoms with Crippen LogP contribution in [0.15, 0.2) is 36.4 Å². The molecule has 4 rings (SSSR count). The molecule has 2 fully saturated rings. The summed E-state index contributed by atoms with van der Waals surface area (Å²) >= 11 is 0. The van der Waals surface area contributed by atoms with Gasteiger partial charge >= 0.3 is 0 Å². The SMILES string of the molecule is Cc1ccc(N2CCN(C(=O)c3ccc(N)cc3N3CCCC3)C2)c(C)c1. The second-order valence-electron chi connectivity index (χ2n) is 7.73. The number of hydrogen-bond acceptors (Lipinski definition) is 4. The molecule has 0 bridgehead atoms. The van der Waals surface area contributed by atoms with Gasteiger partial charge in [0.05, 0.1) is 17.9 Å². The van der Waals surface area contributed by atoms with Crippen LogP contribution in [0.2, 0.25) is 0 Å². The van der Waals surface area contributed by atoms with Crippen LogP contribution in [0.5, 0.6) is 0 Å². The number of anilines is 3. The molecule has 0 saturated carbocycles. The maximum absolute atomic E-state index is 13.3. The van der Waals surface area contributed by atoms with Gasteiger partial charge < -0.3 is 20.4 Å². The maximum atomic E-state index is 13.3. The van der Waals surface area contributed by atoms with Crippen LogP contribution in [0.1, 0.15) is 34.3 Å². The molecule has 142 valence electrons. The molecule has 0 atom stereocenters. The summed E-state index contributed by atoms with van der Waals surface area (Å²) in [5.74, 6) is 0.101. The first kappa shape index (κ1) is 17.7.